The van der Waals surface area contributed by atoms with E-state index in [1.807, 2.05) is 36.4 Å². The first-order valence-corrected chi connectivity index (χ1v) is 13.5. The number of carbonyl (C=O) groups excluding carboxylic acids is 2. The van der Waals surface area contributed by atoms with Gasteiger partial charge < -0.3 is 15.2 Å². The van der Waals surface area contributed by atoms with Gasteiger partial charge in [0.1, 0.15) is 0 Å². The van der Waals surface area contributed by atoms with Crippen LogP contribution in [0.5, 0.6) is 11.5 Å². The van der Waals surface area contributed by atoms with E-state index in [-0.39, 0.29) is 35.9 Å². The summed E-state index contributed by atoms with van der Waals surface area (Å²) in [4.78, 5) is 34.5. The fourth-order valence-corrected chi connectivity index (χ4v) is 8.03. The third-order valence-electron chi connectivity index (χ3n) is 9.80. The van der Waals surface area contributed by atoms with Gasteiger partial charge in [0.2, 0.25) is 0 Å². The summed E-state index contributed by atoms with van der Waals surface area (Å²) >= 11 is 0. The number of benzene rings is 2. The Morgan fingerprint density at radius 3 is 2.87 bits per heavy atom. The van der Waals surface area contributed by atoms with Gasteiger partial charge in [0.25, 0.3) is 5.91 Å². The molecule has 1 aromatic heterocycles. The summed E-state index contributed by atoms with van der Waals surface area (Å²) in [5.41, 5.74) is 2.09. The maximum atomic E-state index is 14.0. The number of nitrogens with zero attached hydrogens (tertiary/aromatic N) is 2. The molecule has 0 unspecified atom stereocenters. The zero-order valence-corrected chi connectivity index (χ0v) is 21.8. The van der Waals surface area contributed by atoms with E-state index in [1.54, 1.807) is 12.3 Å². The van der Waals surface area contributed by atoms with E-state index in [0.717, 1.165) is 41.5 Å². The number of aromatic nitrogens is 1. The fraction of sp³-hybridized carbons (Fsp3) is 0.433. The molecule has 4 atom stereocenters. The normalized spacial score (nSPS) is 30.8. The van der Waals surface area contributed by atoms with Crippen molar-refractivity contribution < 1.29 is 19.4 Å². The molecule has 1 saturated heterocycles. The minimum absolute atomic E-state index is 0. The van der Waals surface area contributed by atoms with Crippen LogP contribution in [0.4, 0.5) is 0 Å². The van der Waals surface area contributed by atoms with Gasteiger partial charge in [-0.3, -0.25) is 19.5 Å². The van der Waals surface area contributed by atoms with Crippen LogP contribution in [0.25, 0.3) is 10.9 Å². The van der Waals surface area contributed by atoms with Crippen LogP contribution in [0.2, 0.25) is 0 Å². The van der Waals surface area contributed by atoms with Crippen LogP contribution in [0, 0.1) is 5.92 Å². The maximum absolute atomic E-state index is 14.0. The fourth-order valence-electron chi connectivity index (χ4n) is 8.03. The maximum Gasteiger partial charge on any atom is 0.253 e. The van der Waals surface area contributed by atoms with Crippen LogP contribution < -0.4 is 10.1 Å². The second-order valence-electron chi connectivity index (χ2n) is 11.6. The molecule has 38 heavy (non-hydrogen) atoms. The number of fused-ring (bicyclic) bond motifs is 1. The number of rotatable bonds is 4. The smallest absolute Gasteiger partial charge is 0.253 e. The number of Topliss-reactive ketones (excluding diaryl/α,β-unsaturated/α-hetero) is 1. The number of ether oxygens (including phenoxy) is 1. The number of nitrogens with one attached hydrogen (secondary N) is 1. The number of likely N-dealkylation sites (tertiary alicyclic amines) is 1. The van der Waals surface area contributed by atoms with Crippen molar-refractivity contribution in [1.82, 2.24) is 15.2 Å². The number of halogens is 1. The molecule has 196 valence electrons. The van der Waals surface area contributed by atoms with Crippen LogP contribution in [0.3, 0.4) is 0 Å². The predicted molar refractivity (Wildman–Crippen MR) is 144 cm³/mol. The van der Waals surface area contributed by atoms with E-state index < -0.39 is 17.1 Å². The molecule has 3 fully saturated rings. The number of piperidine rings is 1. The largest absolute Gasteiger partial charge is 0.504 e. The number of pyridine rings is 1. The van der Waals surface area contributed by atoms with E-state index >= 15 is 0 Å². The van der Waals surface area contributed by atoms with Gasteiger partial charge in [0.05, 0.1) is 22.0 Å². The SMILES string of the molecule is Cl.O=C(N[C@@]12CCC(=O)[C@@H]3Oc4c(O)ccc5c4[C@@]31CCN(CC1CC1)[C@@H]2C5)c1cnc2ccccc2c1. The molecule has 8 rings (SSSR count). The van der Waals surface area contributed by atoms with E-state index in [1.165, 1.54) is 12.8 Å². The first kappa shape index (κ1) is 23.9. The summed E-state index contributed by atoms with van der Waals surface area (Å²) in [6.07, 6.45) is 5.87. The van der Waals surface area contributed by atoms with Crippen molar-refractivity contribution in [1.29, 1.82) is 0 Å². The van der Waals surface area contributed by atoms with Crippen molar-refractivity contribution in [3.63, 3.8) is 0 Å². The molecule has 2 aliphatic heterocycles. The van der Waals surface area contributed by atoms with E-state index in [4.69, 9.17) is 4.74 Å². The second-order valence-corrected chi connectivity index (χ2v) is 11.6. The zero-order chi connectivity index (χ0) is 24.9. The van der Waals surface area contributed by atoms with Crippen LogP contribution in [0.15, 0.2) is 48.7 Å². The summed E-state index contributed by atoms with van der Waals surface area (Å²) in [6.45, 7) is 1.88. The molecule has 3 heterocycles. The predicted octanol–water partition coefficient (Wildman–Crippen LogP) is 3.93. The van der Waals surface area contributed by atoms with Gasteiger partial charge in [-0.15, -0.1) is 12.4 Å². The summed E-state index contributed by atoms with van der Waals surface area (Å²) in [6, 6.07) is 13.4. The highest BCUT2D eigenvalue weighted by atomic mass is 35.5. The first-order chi connectivity index (χ1) is 18.0. The molecule has 1 spiro atoms. The Morgan fingerprint density at radius 2 is 2.03 bits per heavy atom. The zero-order valence-electron chi connectivity index (χ0n) is 21.0. The second kappa shape index (κ2) is 8.17. The number of hydrogen-bond donors (Lipinski definition) is 2. The highest BCUT2D eigenvalue weighted by molar-refractivity contribution is 5.99. The lowest BCUT2D eigenvalue weighted by Gasteiger charge is -2.65. The molecule has 2 N–H and O–H groups in total. The lowest BCUT2D eigenvalue weighted by Crippen LogP contribution is -2.81. The highest BCUT2D eigenvalue weighted by Crippen LogP contribution is 2.65. The van der Waals surface area contributed by atoms with Crippen LogP contribution in [-0.4, -0.2) is 57.5 Å². The summed E-state index contributed by atoms with van der Waals surface area (Å²) in [7, 11) is 0. The quantitative estimate of drug-likeness (QED) is 0.530. The van der Waals surface area contributed by atoms with E-state index in [0.29, 0.717) is 36.5 Å². The van der Waals surface area contributed by atoms with Crippen LogP contribution in [-0.2, 0) is 16.6 Å². The number of para-hydroxylation sites is 1. The van der Waals surface area contributed by atoms with Gasteiger partial charge in [-0.05, 0) is 68.3 Å². The Balaban J connectivity index is 0.00000242. The van der Waals surface area contributed by atoms with E-state index in [2.05, 4.69) is 15.2 Å². The Morgan fingerprint density at radius 1 is 1.18 bits per heavy atom. The molecule has 2 aromatic carbocycles. The molecular formula is C30H30ClN3O4. The van der Waals surface area contributed by atoms with Gasteiger partial charge in [0, 0.05) is 36.2 Å². The van der Waals surface area contributed by atoms with Gasteiger partial charge >= 0.3 is 0 Å². The molecule has 3 aliphatic carbocycles. The molecule has 7 nitrogen and oxygen atoms in total. The lowest BCUT2D eigenvalue weighted by atomic mass is 9.47. The van der Waals surface area contributed by atoms with Gasteiger partial charge in [-0.25, -0.2) is 0 Å². The number of amides is 1. The summed E-state index contributed by atoms with van der Waals surface area (Å²) in [5.74, 6) is 1.13. The van der Waals surface area contributed by atoms with Crippen LogP contribution >= 0.6 is 12.4 Å². The third-order valence-corrected chi connectivity index (χ3v) is 9.80. The molecule has 3 aromatic rings. The minimum Gasteiger partial charge on any atom is -0.504 e. The average Bonchev–Trinajstić information content (AvgIpc) is 3.65. The van der Waals surface area contributed by atoms with E-state index in [9.17, 15) is 14.7 Å². The van der Waals surface area contributed by atoms with Gasteiger partial charge in [0.15, 0.2) is 23.4 Å². The third kappa shape index (κ3) is 3.03. The number of ketones is 1. The van der Waals surface area contributed by atoms with Crippen molar-refractivity contribution in [2.45, 2.75) is 61.6 Å². The Hall–Kier alpha value is -3.16. The number of phenolic OH excluding ortho intramolecular Hbond substituents is 1. The van der Waals surface area contributed by atoms with Crippen molar-refractivity contribution in [3.8, 4) is 11.5 Å². The van der Waals surface area contributed by atoms with Crippen molar-refractivity contribution in [2.75, 3.05) is 13.1 Å². The molecule has 2 bridgehead atoms. The number of phenols is 1. The number of hydrogen-bond acceptors (Lipinski definition) is 6. The Labute approximate surface area is 227 Å². The molecule has 0 radical (unpaired) electrons. The molecular weight excluding hydrogens is 502 g/mol. The standard InChI is InChI=1S/C30H29N3O4.ClH/c34-22-8-7-19-14-24-30(32-28(36)20-13-18-3-1-2-4-21(18)31-15-20)10-9-23(35)27-29(30,25(19)26(22)37-27)11-12-33(24)16-17-5-6-17;/h1-4,7-8,13,15,17,24,27,34H,5-6,9-12,14,16H2,(H,32,36);1H/t24-,27+,29+,30-;/m1./s1. The molecule has 2 saturated carbocycles. The van der Waals surface area contributed by atoms with Crippen LogP contribution in [0.1, 0.15) is 53.6 Å². The Bertz CT molecular complexity index is 1510. The van der Waals surface area contributed by atoms with Crippen molar-refractivity contribution in [3.05, 3.63) is 65.4 Å². The van der Waals surface area contributed by atoms with Crippen molar-refractivity contribution in [2.24, 2.45) is 5.92 Å². The van der Waals surface area contributed by atoms with Gasteiger partial charge in [-0.1, -0.05) is 24.3 Å². The topological polar surface area (TPSA) is 91.8 Å². The molecule has 8 heteroatoms. The minimum atomic E-state index is -0.691. The Kier molecular flexibility index (Phi) is 5.14. The van der Waals surface area contributed by atoms with Crippen molar-refractivity contribution >= 4 is 35.0 Å². The number of aromatic hydroxyl groups is 1. The lowest BCUT2D eigenvalue weighted by molar-refractivity contribution is -0.143. The monoisotopic (exact) mass is 531 g/mol. The summed E-state index contributed by atoms with van der Waals surface area (Å²) in [5, 5.41) is 15.2. The molecule has 5 aliphatic rings. The average molecular weight is 532 g/mol. The van der Waals surface area contributed by atoms with Gasteiger partial charge in [-0.2, -0.15) is 0 Å². The summed E-state index contributed by atoms with van der Waals surface area (Å²) < 4.78 is 6.34. The first-order valence-electron chi connectivity index (χ1n) is 13.5. The highest BCUT2D eigenvalue weighted by Gasteiger charge is 2.74. The molecule has 1 amide bonds. The number of carbonyl (C=O) groups is 2.